The Balaban J connectivity index is 2.10. The molecule has 4 nitrogen and oxygen atoms in total. The predicted molar refractivity (Wildman–Crippen MR) is 59.5 cm³/mol. The summed E-state index contributed by atoms with van der Waals surface area (Å²) in [7, 11) is 1.74. The van der Waals surface area contributed by atoms with Gasteiger partial charge in [0, 0.05) is 26.7 Å². The second kappa shape index (κ2) is 6.80. The first-order valence-corrected chi connectivity index (χ1v) is 5.72. The van der Waals surface area contributed by atoms with Crippen molar-refractivity contribution >= 4 is 5.91 Å². The van der Waals surface area contributed by atoms with Gasteiger partial charge in [-0.1, -0.05) is 0 Å². The van der Waals surface area contributed by atoms with Crippen LogP contribution < -0.4 is 5.73 Å². The zero-order valence-electron chi connectivity index (χ0n) is 9.58. The number of hydrogen-bond donors (Lipinski definition) is 1. The third kappa shape index (κ3) is 5.14. The Kier molecular flexibility index (Phi) is 5.65. The minimum absolute atomic E-state index is 0.159. The van der Waals surface area contributed by atoms with Gasteiger partial charge < -0.3 is 15.4 Å². The van der Waals surface area contributed by atoms with Crippen LogP contribution in [-0.4, -0.2) is 44.2 Å². The van der Waals surface area contributed by atoms with E-state index in [2.05, 4.69) is 4.90 Å². The monoisotopic (exact) mass is 214 g/mol. The van der Waals surface area contributed by atoms with E-state index in [1.807, 2.05) is 0 Å². The van der Waals surface area contributed by atoms with Gasteiger partial charge in [-0.05, 0) is 38.3 Å². The molecule has 0 bridgehead atoms. The van der Waals surface area contributed by atoms with Crippen molar-refractivity contribution in [2.45, 2.75) is 25.7 Å². The highest BCUT2D eigenvalue weighted by Gasteiger charge is 2.19. The number of piperidine rings is 1. The van der Waals surface area contributed by atoms with E-state index in [0.29, 0.717) is 12.3 Å². The first-order valence-electron chi connectivity index (χ1n) is 5.72. The highest BCUT2D eigenvalue weighted by Crippen LogP contribution is 2.19. The first kappa shape index (κ1) is 12.5. The van der Waals surface area contributed by atoms with Crippen molar-refractivity contribution in [2.75, 3.05) is 33.4 Å². The number of hydrogen-bond acceptors (Lipinski definition) is 3. The van der Waals surface area contributed by atoms with Gasteiger partial charge in [0.05, 0.1) is 0 Å². The molecule has 0 saturated carbocycles. The molecule has 1 aliphatic rings. The van der Waals surface area contributed by atoms with Crippen molar-refractivity contribution in [3.05, 3.63) is 0 Å². The fraction of sp³-hybridized carbons (Fsp3) is 0.909. The van der Waals surface area contributed by atoms with Crippen LogP contribution in [-0.2, 0) is 9.53 Å². The molecule has 0 spiro atoms. The molecule has 0 aromatic carbocycles. The Hall–Kier alpha value is -0.610. The number of ether oxygens (including phenoxy) is 1. The number of rotatable bonds is 6. The van der Waals surface area contributed by atoms with Crippen molar-refractivity contribution in [3.63, 3.8) is 0 Å². The summed E-state index contributed by atoms with van der Waals surface area (Å²) in [6.07, 6.45) is 3.87. The molecule has 1 amide bonds. The average molecular weight is 214 g/mol. The van der Waals surface area contributed by atoms with Gasteiger partial charge in [0.15, 0.2) is 0 Å². The Bertz CT molecular complexity index is 189. The molecule has 1 aliphatic heterocycles. The molecule has 1 heterocycles. The molecular formula is C11H22N2O2. The van der Waals surface area contributed by atoms with Gasteiger partial charge in [0.1, 0.15) is 0 Å². The number of nitrogens with two attached hydrogens (primary N) is 1. The minimum Gasteiger partial charge on any atom is -0.385 e. The van der Waals surface area contributed by atoms with Gasteiger partial charge in [-0.25, -0.2) is 0 Å². The van der Waals surface area contributed by atoms with Gasteiger partial charge >= 0.3 is 0 Å². The van der Waals surface area contributed by atoms with Crippen LogP contribution in [0.15, 0.2) is 0 Å². The molecular weight excluding hydrogens is 192 g/mol. The quantitative estimate of drug-likeness (QED) is 0.659. The number of likely N-dealkylation sites (tertiary alicyclic amines) is 1. The molecule has 1 fully saturated rings. The third-order valence-electron chi connectivity index (χ3n) is 3.02. The lowest BCUT2D eigenvalue weighted by atomic mass is 9.93. The lowest BCUT2D eigenvalue weighted by molar-refractivity contribution is -0.119. The van der Waals surface area contributed by atoms with Crippen molar-refractivity contribution < 1.29 is 9.53 Å². The van der Waals surface area contributed by atoms with E-state index in [9.17, 15) is 4.79 Å². The summed E-state index contributed by atoms with van der Waals surface area (Å²) >= 11 is 0. The van der Waals surface area contributed by atoms with Crippen LogP contribution in [0.3, 0.4) is 0 Å². The molecule has 1 saturated heterocycles. The Morgan fingerprint density at radius 3 is 2.67 bits per heavy atom. The highest BCUT2D eigenvalue weighted by molar-refractivity contribution is 5.73. The molecule has 0 unspecified atom stereocenters. The van der Waals surface area contributed by atoms with E-state index in [0.717, 1.165) is 45.5 Å². The molecule has 1 rings (SSSR count). The van der Waals surface area contributed by atoms with E-state index in [-0.39, 0.29) is 5.91 Å². The van der Waals surface area contributed by atoms with Crippen molar-refractivity contribution in [2.24, 2.45) is 11.7 Å². The van der Waals surface area contributed by atoms with Crippen LogP contribution in [0.2, 0.25) is 0 Å². The summed E-state index contributed by atoms with van der Waals surface area (Å²) in [6, 6.07) is 0. The standard InChI is InChI=1S/C11H22N2O2/c1-15-8-2-5-13-6-3-10(4-7-13)9-11(12)14/h10H,2-9H2,1H3,(H2,12,14). The zero-order valence-corrected chi connectivity index (χ0v) is 9.58. The summed E-state index contributed by atoms with van der Waals surface area (Å²) in [5, 5.41) is 0. The molecule has 0 aliphatic carbocycles. The fourth-order valence-electron chi connectivity index (χ4n) is 2.13. The maximum atomic E-state index is 10.8. The normalized spacial score (nSPS) is 19.3. The zero-order chi connectivity index (χ0) is 11.1. The van der Waals surface area contributed by atoms with Crippen LogP contribution >= 0.6 is 0 Å². The molecule has 2 N–H and O–H groups in total. The fourth-order valence-corrected chi connectivity index (χ4v) is 2.13. The summed E-state index contributed by atoms with van der Waals surface area (Å²) < 4.78 is 5.02. The maximum absolute atomic E-state index is 10.8. The number of amides is 1. The number of nitrogens with zero attached hydrogens (tertiary/aromatic N) is 1. The average Bonchev–Trinajstić information content (AvgIpc) is 2.20. The number of primary amides is 1. The van der Waals surface area contributed by atoms with Crippen LogP contribution in [0.25, 0.3) is 0 Å². The molecule has 0 atom stereocenters. The van der Waals surface area contributed by atoms with Gasteiger partial charge in [-0.15, -0.1) is 0 Å². The Labute approximate surface area is 91.8 Å². The summed E-state index contributed by atoms with van der Waals surface area (Å²) in [5.74, 6) is 0.356. The molecule has 15 heavy (non-hydrogen) atoms. The van der Waals surface area contributed by atoms with E-state index in [1.165, 1.54) is 0 Å². The predicted octanol–water partition coefficient (Wildman–Crippen LogP) is 0.610. The molecule has 88 valence electrons. The highest BCUT2D eigenvalue weighted by atomic mass is 16.5. The van der Waals surface area contributed by atoms with Crippen LogP contribution in [0.4, 0.5) is 0 Å². The van der Waals surface area contributed by atoms with Crippen molar-refractivity contribution in [1.29, 1.82) is 0 Å². The molecule has 0 aromatic rings. The lowest BCUT2D eigenvalue weighted by Crippen LogP contribution is -2.35. The Morgan fingerprint density at radius 2 is 2.13 bits per heavy atom. The molecule has 4 heteroatoms. The number of methoxy groups -OCH3 is 1. The van der Waals surface area contributed by atoms with E-state index in [4.69, 9.17) is 10.5 Å². The second-order valence-corrected chi connectivity index (χ2v) is 4.30. The second-order valence-electron chi connectivity index (χ2n) is 4.30. The molecule has 0 aromatic heterocycles. The maximum Gasteiger partial charge on any atom is 0.217 e. The topological polar surface area (TPSA) is 55.6 Å². The smallest absolute Gasteiger partial charge is 0.217 e. The minimum atomic E-state index is -0.159. The number of carbonyl (C=O) groups excluding carboxylic acids is 1. The SMILES string of the molecule is COCCCN1CCC(CC(N)=O)CC1. The molecule has 0 radical (unpaired) electrons. The van der Waals surface area contributed by atoms with Gasteiger partial charge in [-0.3, -0.25) is 4.79 Å². The Morgan fingerprint density at radius 1 is 1.47 bits per heavy atom. The largest absolute Gasteiger partial charge is 0.385 e. The van der Waals surface area contributed by atoms with Crippen LogP contribution in [0.5, 0.6) is 0 Å². The third-order valence-corrected chi connectivity index (χ3v) is 3.02. The number of carbonyl (C=O) groups is 1. The summed E-state index contributed by atoms with van der Waals surface area (Å²) in [4.78, 5) is 13.2. The van der Waals surface area contributed by atoms with Crippen LogP contribution in [0.1, 0.15) is 25.7 Å². The van der Waals surface area contributed by atoms with Crippen molar-refractivity contribution in [1.82, 2.24) is 4.90 Å². The van der Waals surface area contributed by atoms with Gasteiger partial charge in [0.25, 0.3) is 0 Å². The van der Waals surface area contributed by atoms with Crippen LogP contribution in [0, 0.1) is 5.92 Å². The van der Waals surface area contributed by atoms with Crippen molar-refractivity contribution in [3.8, 4) is 0 Å². The first-order chi connectivity index (χ1) is 7.22. The van der Waals surface area contributed by atoms with E-state index < -0.39 is 0 Å². The van der Waals surface area contributed by atoms with Gasteiger partial charge in [-0.2, -0.15) is 0 Å². The lowest BCUT2D eigenvalue weighted by Gasteiger charge is -2.31. The van der Waals surface area contributed by atoms with E-state index >= 15 is 0 Å². The van der Waals surface area contributed by atoms with Gasteiger partial charge in [0.2, 0.25) is 5.91 Å². The summed E-state index contributed by atoms with van der Waals surface area (Å²) in [5.41, 5.74) is 5.19. The van der Waals surface area contributed by atoms with E-state index in [1.54, 1.807) is 7.11 Å². The summed E-state index contributed by atoms with van der Waals surface area (Å²) in [6.45, 7) is 4.14.